The zero-order valence-corrected chi connectivity index (χ0v) is 18.6. The minimum absolute atomic E-state index is 0.0613. The van der Waals surface area contributed by atoms with E-state index >= 15 is 0 Å². The molecule has 2 aromatic rings. The van der Waals surface area contributed by atoms with Crippen molar-refractivity contribution < 1.29 is 4.79 Å². The van der Waals surface area contributed by atoms with E-state index in [1.807, 2.05) is 41.3 Å². The summed E-state index contributed by atoms with van der Waals surface area (Å²) in [5.74, 6) is 0.0613. The number of carbonyl (C=O) groups is 1. The van der Waals surface area contributed by atoms with Crippen molar-refractivity contribution in [3.05, 3.63) is 64.6 Å². The Kier molecular flexibility index (Phi) is 6.58. The Hall–Kier alpha value is -2.53. The van der Waals surface area contributed by atoms with E-state index in [2.05, 4.69) is 36.9 Å². The summed E-state index contributed by atoms with van der Waals surface area (Å²) in [6, 6.07) is 16.4. The fourth-order valence-corrected chi connectivity index (χ4v) is 4.87. The molecule has 2 heterocycles. The molecular weight excluding hydrogens is 390 g/mol. The van der Waals surface area contributed by atoms with Crippen LogP contribution in [0.2, 0.25) is 0 Å². The monoisotopic (exact) mass is 419 g/mol. The third kappa shape index (κ3) is 4.62. The Balaban J connectivity index is 1.61. The first-order valence-corrected chi connectivity index (χ1v) is 11.7. The maximum atomic E-state index is 13.2. The Morgan fingerprint density at radius 3 is 2.57 bits per heavy atom. The molecule has 156 valence electrons. The van der Waals surface area contributed by atoms with Gasteiger partial charge in [-0.05, 0) is 79.4 Å². The van der Waals surface area contributed by atoms with Crippen LogP contribution in [0.25, 0.3) is 6.08 Å². The van der Waals surface area contributed by atoms with Crippen LogP contribution < -0.4 is 4.90 Å². The molecule has 2 aliphatic rings. The standard InChI is InChI=1S/C25H29N3OS/c1-3-4-16-28-24(29)23(30-25(28)26-21-10-6-5-7-11-21)18-20-12-13-22(17-19(20)2)27-14-8-9-15-27/h5-7,10-13,17-18H,3-4,8-9,14-16H2,1-2H3/b23-18-,26-25?. The van der Waals surface area contributed by atoms with Gasteiger partial charge in [0.1, 0.15) is 0 Å². The van der Waals surface area contributed by atoms with Gasteiger partial charge in [0.05, 0.1) is 10.6 Å². The molecule has 0 aromatic heterocycles. The van der Waals surface area contributed by atoms with E-state index in [9.17, 15) is 4.79 Å². The lowest BCUT2D eigenvalue weighted by Crippen LogP contribution is -2.30. The number of aliphatic imine (C=N–C) groups is 1. The molecule has 4 nitrogen and oxygen atoms in total. The van der Waals surface area contributed by atoms with Gasteiger partial charge >= 0.3 is 0 Å². The van der Waals surface area contributed by atoms with Crippen LogP contribution in [0.5, 0.6) is 0 Å². The number of benzene rings is 2. The number of aryl methyl sites for hydroxylation is 1. The lowest BCUT2D eigenvalue weighted by Gasteiger charge is -2.18. The maximum absolute atomic E-state index is 13.2. The fraction of sp³-hybridized carbons (Fsp3) is 0.360. The van der Waals surface area contributed by atoms with Crippen molar-refractivity contribution in [2.24, 2.45) is 4.99 Å². The summed E-state index contributed by atoms with van der Waals surface area (Å²) in [6.07, 6.45) is 6.59. The van der Waals surface area contributed by atoms with Gasteiger partial charge in [-0.1, -0.05) is 37.6 Å². The Morgan fingerprint density at radius 2 is 1.87 bits per heavy atom. The molecule has 4 rings (SSSR count). The van der Waals surface area contributed by atoms with Crippen molar-refractivity contribution in [1.82, 2.24) is 4.90 Å². The van der Waals surface area contributed by atoms with E-state index in [0.717, 1.165) is 47.3 Å². The third-order valence-corrected chi connectivity index (χ3v) is 6.62. The first-order valence-electron chi connectivity index (χ1n) is 10.9. The van der Waals surface area contributed by atoms with Crippen LogP contribution >= 0.6 is 11.8 Å². The summed E-state index contributed by atoms with van der Waals surface area (Å²) in [6.45, 7) is 7.26. The number of rotatable bonds is 6. The van der Waals surface area contributed by atoms with E-state index in [4.69, 9.17) is 4.99 Å². The van der Waals surface area contributed by atoms with E-state index in [-0.39, 0.29) is 5.91 Å². The minimum atomic E-state index is 0.0613. The van der Waals surface area contributed by atoms with Gasteiger partial charge in [0, 0.05) is 25.3 Å². The zero-order chi connectivity index (χ0) is 20.9. The Morgan fingerprint density at radius 1 is 1.10 bits per heavy atom. The molecule has 2 fully saturated rings. The Labute approximate surface area is 183 Å². The summed E-state index contributed by atoms with van der Waals surface area (Å²) in [4.78, 5) is 22.9. The number of thioether (sulfide) groups is 1. The number of anilines is 1. The highest BCUT2D eigenvalue weighted by Gasteiger charge is 2.33. The molecular formula is C25H29N3OS. The highest BCUT2D eigenvalue weighted by atomic mass is 32.2. The largest absolute Gasteiger partial charge is 0.372 e. The number of hydrogen-bond donors (Lipinski definition) is 0. The topological polar surface area (TPSA) is 35.9 Å². The van der Waals surface area contributed by atoms with Crippen molar-refractivity contribution in [3.63, 3.8) is 0 Å². The summed E-state index contributed by atoms with van der Waals surface area (Å²) in [5.41, 5.74) is 4.47. The molecule has 1 amide bonds. The lowest BCUT2D eigenvalue weighted by atomic mass is 10.1. The average molecular weight is 420 g/mol. The predicted molar refractivity (Wildman–Crippen MR) is 128 cm³/mol. The van der Waals surface area contributed by atoms with Crippen molar-refractivity contribution in [1.29, 1.82) is 0 Å². The second kappa shape index (κ2) is 9.52. The van der Waals surface area contributed by atoms with Crippen molar-refractivity contribution >= 4 is 40.3 Å². The Bertz CT molecular complexity index is 962. The van der Waals surface area contributed by atoms with Crippen LogP contribution in [0.3, 0.4) is 0 Å². The van der Waals surface area contributed by atoms with Gasteiger partial charge in [-0.15, -0.1) is 0 Å². The highest BCUT2D eigenvalue weighted by molar-refractivity contribution is 8.18. The molecule has 30 heavy (non-hydrogen) atoms. The molecule has 0 N–H and O–H groups in total. The van der Waals surface area contributed by atoms with Gasteiger partial charge in [0.2, 0.25) is 0 Å². The van der Waals surface area contributed by atoms with Crippen LogP contribution in [-0.4, -0.2) is 35.6 Å². The number of hydrogen-bond acceptors (Lipinski definition) is 4. The number of nitrogens with zero attached hydrogens (tertiary/aromatic N) is 3. The molecule has 0 spiro atoms. The van der Waals surface area contributed by atoms with Gasteiger partial charge in [0.25, 0.3) is 5.91 Å². The molecule has 0 unspecified atom stereocenters. The SMILES string of the molecule is CCCCN1C(=O)/C(=C/c2ccc(N3CCCC3)cc2C)SC1=Nc1ccccc1. The number of unbranched alkanes of at least 4 members (excludes halogenated alkanes) is 1. The van der Waals surface area contributed by atoms with Crippen LogP contribution in [-0.2, 0) is 4.79 Å². The summed E-state index contributed by atoms with van der Waals surface area (Å²) in [7, 11) is 0. The van der Waals surface area contributed by atoms with E-state index in [0.29, 0.717) is 6.54 Å². The molecule has 0 bridgehead atoms. The van der Waals surface area contributed by atoms with Crippen molar-refractivity contribution in [3.8, 4) is 0 Å². The lowest BCUT2D eigenvalue weighted by molar-refractivity contribution is -0.122. The molecule has 2 saturated heterocycles. The zero-order valence-electron chi connectivity index (χ0n) is 17.8. The van der Waals surface area contributed by atoms with Gasteiger partial charge in [-0.25, -0.2) is 4.99 Å². The minimum Gasteiger partial charge on any atom is -0.372 e. The van der Waals surface area contributed by atoms with Crippen molar-refractivity contribution in [2.75, 3.05) is 24.5 Å². The van der Waals surface area contributed by atoms with Crippen LogP contribution in [0.15, 0.2) is 58.4 Å². The van der Waals surface area contributed by atoms with Gasteiger partial charge in [-0.3, -0.25) is 9.69 Å². The maximum Gasteiger partial charge on any atom is 0.266 e. The van der Waals surface area contributed by atoms with Crippen LogP contribution in [0.4, 0.5) is 11.4 Å². The number of amides is 1. The van der Waals surface area contributed by atoms with Gasteiger partial charge in [0.15, 0.2) is 5.17 Å². The average Bonchev–Trinajstić information content (AvgIpc) is 3.38. The number of amidine groups is 1. The molecule has 5 heteroatoms. The second-order valence-electron chi connectivity index (χ2n) is 7.89. The summed E-state index contributed by atoms with van der Waals surface area (Å²) < 4.78 is 0. The van der Waals surface area contributed by atoms with Crippen LogP contribution in [0.1, 0.15) is 43.7 Å². The first kappa shape index (κ1) is 20.7. The van der Waals surface area contributed by atoms with Crippen molar-refractivity contribution in [2.45, 2.75) is 39.5 Å². The molecule has 2 aromatic carbocycles. The van der Waals surface area contributed by atoms with E-state index in [1.165, 1.54) is 35.9 Å². The van der Waals surface area contributed by atoms with E-state index < -0.39 is 0 Å². The summed E-state index contributed by atoms with van der Waals surface area (Å²) in [5, 5.41) is 0.775. The number of para-hydroxylation sites is 1. The molecule has 0 radical (unpaired) electrons. The normalized spacial score (nSPS) is 19.5. The summed E-state index contributed by atoms with van der Waals surface area (Å²) >= 11 is 1.48. The molecule has 0 atom stereocenters. The molecule has 0 saturated carbocycles. The predicted octanol–water partition coefficient (Wildman–Crippen LogP) is 6.00. The molecule has 0 aliphatic carbocycles. The molecule has 2 aliphatic heterocycles. The third-order valence-electron chi connectivity index (χ3n) is 5.62. The van der Waals surface area contributed by atoms with Crippen LogP contribution in [0, 0.1) is 6.92 Å². The smallest absolute Gasteiger partial charge is 0.266 e. The number of carbonyl (C=O) groups excluding carboxylic acids is 1. The van der Waals surface area contributed by atoms with Gasteiger partial charge in [-0.2, -0.15) is 0 Å². The van der Waals surface area contributed by atoms with Gasteiger partial charge < -0.3 is 4.90 Å². The van der Waals surface area contributed by atoms with E-state index in [1.54, 1.807) is 0 Å². The quantitative estimate of drug-likeness (QED) is 0.539. The second-order valence-corrected chi connectivity index (χ2v) is 8.90. The first-order chi connectivity index (χ1) is 14.7. The highest BCUT2D eigenvalue weighted by Crippen LogP contribution is 2.35. The fourth-order valence-electron chi connectivity index (χ4n) is 3.85.